The average molecular weight is 192 g/mol. The molecular weight excluding hydrogens is 180 g/mol. The Hall–Kier alpha value is -0.960. The minimum absolute atomic E-state index is 0.471. The van der Waals surface area contributed by atoms with Gasteiger partial charge < -0.3 is 0 Å². The van der Waals surface area contributed by atoms with Crippen LogP contribution in [0.3, 0.4) is 0 Å². The third-order valence-corrected chi connectivity index (χ3v) is 2.82. The molecule has 0 saturated heterocycles. The van der Waals surface area contributed by atoms with Crippen molar-refractivity contribution in [1.82, 2.24) is 9.97 Å². The van der Waals surface area contributed by atoms with Crippen LogP contribution in [0.2, 0.25) is 0 Å². The van der Waals surface area contributed by atoms with E-state index < -0.39 is 0 Å². The van der Waals surface area contributed by atoms with Gasteiger partial charge in [-0.25, -0.2) is 9.97 Å². The first-order chi connectivity index (χ1) is 6.18. The number of fused-ring (bicyclic) bond motifs is 1. The second kappa shape index (κ2) is 3.07. The lowest BCUT2D eigenvalue weighted by Gasteiger charge is -2.06. The van der Waals surface area contributed by atoms with Crippen LogP contribution in [0.5, 0.6) is 0 Å². The Bertz CT molecular complexity index is 431. The van der Waals surface area contributed by atoms with Crippen LogP contribution in [0.1, 0.15) is 31.3 Å². The molecular formula is C10H12N2S. The normalized spacial score (nSPS) is 11.4. The fraction of sp³-hybridized carbons (Fsp3) is 0.400. The summed E-state index contributed by atoms with van der Waals surface area (Å²) in [6.45, 7) is 6.28. The van der Waals surface area contributed by atoms with Crippen molar-refractivity contribution in [3.8, 4) is 0 Å². The van der Waals surface area contributed by atoms with Gasteiger partial charge in [0.25, 0.3) is 0 Å². The van der Waals surface area contributed by atoms with Crippen LogP contribution < -0.4 is 0 Å². The molecule has 0 aliphatic carbocycles. The second-order valence-corrected chi connectivity index (χ2v) is 4.34. The third-order valence-electron chi connectivity index (χ3n) is 2.01. The quantitative estimate of drug-likeness (QED) is 0.693. The summed E-state index contributed by atoms with van der Waals surface area (Å²) < 4.78 is 0. The van der Waals surface area contributed by atoms with Crippen molar-refractivity contribution in [1.29, 1.82) is 0 Å². The zero-order valence-corrected chi connectivity index (χ0v) is 8.85. The largest absolute Gasteiger partial charge is 0.237 e. The van der Waals surface area contributed by atoms with Gasteiger partial charge in [0.2, 0.25) is 0 Å². The molecule has 2 rings (SSSR count). The first kappa shape index (κ1) is 8.63. The summed E-state index contributed by atoms with van der Waals surface area (Å²) in [4.78, 5) is 9.96. The zero-order chi connectivity index (χ0) is 9.42. The molecule has 0 aliphatic heterocycles. The monoisotopic (exact) mass is 192 g/mol. The Labute approximate surface area is 81.7 Å². The van der Waals surface area contributed by atoms with Crippen molar-refractivity contribution in [3.05, 3.63) is 23.0 Å². The molecule has 3 heteroatoms. The molecule has 13 heavy (non-hydrogen) atoms. The van der Waals surface area contributed by atoms with E-state index in [0.29, 0.717) is 5.92 Å². The molecule has 0 amide bonds. The lowest BCUT2D eigenvalue weighted by molar-refractivity contribution is 0.818. The van der Waals surface area contributed by atoms with Crippen molar-refractivity contribution >= 4 is 21.6 Å². The van der Waals surface area contributed by atoms with Crippen LogP contribution in [0.25, 0.3) is 10.2 Å². The van der Waals surface area contributed by atoms with E-state index in [4.69, 9.17) is 0 Å². The highest BCUT2D eigenvalue weighted by molar-refractivity contribution is 7.16. The molecule has 0 radical (unpaired) electrons. The predicted molar refractivity (Wildman–Crippen MR) is 56.2 cm³/mol. The van der Waals surface area contributed by atoms with Crippen molar-refractivity contribution < 1.29 is 0 Å². The molecule has 0 N–H and O–H groups in total. The Morgan fingerprint density at radius 3 is 2.77 bits per heavy atom. The van der Waals surface area contributed by atoms with Crippen molar-refractivity contribution in [2.24, 2.45) is 0 Å². The lowest BCUT2D eigenvalue weighted by Crippen LogP contribution is -1.97. The molecule has 0 saturated carbocycles. The van der Waals surface area contributed by atoms with Gasteiger partial charge in [0.05, 0.1) is 5.69 Å². The van der Waals surface area contributed by atoms with Crippen LogP contribution in [0.4, 0.5) is 0 Å². The van der Waals surface area contributed by atoms with Gasteiger partial charge in [-0.3, -0.25) is 0 Å². The van der Waals surface area contributed by atoms with Gasteiger partial charge in [0, 0.05) is 5.39 Å². The van der Waals surface area contributed by atoms with E-state index in [-0.39, 0.29) is 0 Å². The minimum Gasteiger partial charge on any atom is -0.237 e. The molecule has 2 nitrogen and oxygen atoms in total. The van der Waals surface area contributed by atoms with Gasteiger partial charge in [-0.05, 0) is 24.3 Å². The van der Waals surface area contributed by atoms with Crippen LogP contribution in [-0.2, 0) is 0 Å². The van der Waals surface area contributed by atoms with E-state index in [0.717, 1.165) is 10.7 Å². The van der Waals surface area contributed by atoms with E-state index in [1.807, 2.05) is 6.92 Å². The minimum atomic E-state index is 0.471. The van der Waals surface area contributed by atoms with Gasteiger partial charge in [0.1, 0.15) is 10.7 Å². The zero-order valence-electron chi connectivity index (χ0n) is 8.03. The topological polar surface area (TPSA) is 25.8 Å². The predicted octanol–water partition coefficient (Wildman–Crippen LogP) is 3.12. The molecule has 0 spiro atoms. The van der Waals surface area contributed by atoms with Gasteiger partial charge >= 0.3 is 0 Å². The maximum Gasteiger partial charge on any atom is 0.127 e. The van der Waals surface area contributed by atoms with Crippen LogP contribution in [0.15, 0.2) is 11.4 Å². The molecule has 0 aliphatic rings. The molecule has 0 fully saturated rings. The van der Waals surface area contributed by atoms with Crippen LogP contribution in [-0.4, -0.2) is 9.97 Å². The van der Waals surface area contributed by atoms with Crippen molar-refractivity contribution in [2.45, 2.75) is 26.7 Å². The Balaban J connectivity index is 2.77. The number of rotatable bonds is 1. The Morgan fingerprint density at radius 2 is 2.08 bits per heavy atom. The number of aryl methyl sites for hydroxylation is 1. The number of hydrogen-bond donors (Lipinski definition) is 0. The number of hydrogen-bond acceptors (Lipinski definition) is 3. The number of aromatic nitrogens is 2. The summed E-state index contributed by atoms with van der Waals surface area (Å²) in [6, 6.07) is 2.11. The average Bonchev–Trinajstić information content (AvgIpc) is 2.49. The molecule has 68 valence electrons. The fourth-order valence-electron chi connectivity index (χ4n) is 1.43. The number of thiophene rings is 1. The molecule has 0 bridgehead atoms. The van der Waals surface area contributed by atoms with E-state index >= 15 is 0 Å². The van der Waals surface area contributed by atoms with Crippen molar-refractivity contribution in [3.63, 3.8) is 0 Å². The van der Waals surface area contributed by atoms with E-state index in [2.05, 4.69) is 35.3 Å². The summed E-state index contributed by atoms with van der Waals surface area (Å²) >= 11 is 1.68. The molecule has 0 atom stereocenters. The van der Waals surface area contributed by atoms with Gasteiger partial charge in [-0.2, -0.15) is 0 Å². The summed E-state index contributed by atoms with van der Waals surface area (Å²) in [5.41, 5.74) is 1.17. The van der Waals surface area contributed by atoms with E-state index in [1.54, 1.807) is 11.3 Å². The van der Waals surface area contributed by atoms with Gasteiger partial charge in [0.15, 0.2) is 0 Å². The lowest BCUT2D eigenvalue weighted by atomic mass is 10.1. The molecule has 0 aromatic carbocycles. The maximum atomic E-state index is 4.47. The van der Waals surface area contributed by atoms with Crippen LogP contribution >= 0.6 is 11.3 Å². The standard InChI is InChI=1S/C10H12N2S/c1-6(2)9-8-4-5-13-10(8)12-7(3)11-9/h4-6H,1-3H3. The van der Waals surface area contributed by atoms with Gasteiger partial charge in [-0.15, -0.1) is 11.3 Å². The highest BCUT2D eigenvalue weighted by atomic mass is 32.1. The number of nitrogens with zero attached hydrogens (tertiary/aromatic N) is 2. The SMILES string of the molecule is Cc1nc(C(C)C)c2ccsc2n1. The molecule has 2 aromatic heterocycles. The first-order valence-corrected chi connectivity index (χ1v) is 5.28. The van der Waals surface area contributed by atoms with Crippen LogP contribution in [0, 0.1) is 6.92 Å². The summed E-state index contributed by atoms with van der Waals surface area (Å²) in [6.07, 6.45) is 0. The first-order valence-electron chi connectivity index (χ1n) is 4.40. The summed E-state index contributed by atoms with van der Waals surface area (Å²) in [5, 5.41) is 3.29. The third kappa shape index (κ3) is 1.44. The summed E-state index contributed by atoms with van der Waals surface area (Å²) in [7, 11) is 0. The van der Waals surface area contributed by atoms with Crippen molar-refractivity contribution in [2.75, 3.05) is 0 Å². The Morgan fingerprint density at radius 1 is 1.31 bits per heavy atom. The second-order valence-electron chi connectivity index (χ2n) is 3.45. The molecule has 2 aromatic rings. The smallest absolute Gasteiger partial charge is 0.127 e. The highest BCUT2D eigenvalue weighted by Gasteiger charge is 2.09. The maximum absolute atomic E-state index is 4.47. The molecule has 2 heterocycles. The fourth-order valence-corrected chi connectivity index (χ4v) is 2.25. The van der Waals surface area contributed by atoms with Gasteiger partial charge in [-0.1, -0.05) is 13.8 Å². The molecule has 0 unspecified atom stereocenters. The summed E-state index contributed by atoms with van der Waals surface area (Å²) in [5.74, 6) is 1.34. The van der Waals surface area contributed by atoms with E-state index in [1.165, 1.54) is 11.1 Å². The van der Waals surface area contributed by atoms with E-state index in [9.17, 15) is 0 Å². The highest BCUT2D eigenvalue weighted by Crippen LogP contribution is 2.25. The Kier molecular flexibility index (Phi) is 2.04.